The van der Waals surface area contributed by atoms with Gasteiger partial charge in [0.05, 0.1) is 5.69 Å². The number of aromatic nitrogens is 2. The molecule has 0 saturated heterocycles. The Morgan fingerprint density at radius 3 is 2.80 bits per heavy atom. The lowest BCUT2D eigenvalue weighted by Gasteiger charge is -2.00. The summed E-state index contributed by atoms with van der Waals surface area (Å²) in [6.07, 6.45) is 2.08. The van der Waals surface area contributed by atoms with Crippen molar-refractivity contribution >= 4 is 27.0 Å². The molecular formula is C15H13BrN2O2. The third kappa shape index (κ3) is 2.54. The maximum atomic E-state index is 5.65. The summed E-state index contributed by atoms with van der Waals surface area (Å²) in [5.74, 6) is 0. The second kappa shape index (κ2) is 5.63. The van der Waals surface area contributed by atoms with Gasteiger partial charge >= 0.3 is 6.08 Å². The number of halogens is 1. The van der Waals surface area contributed by atoms with Crippen LogP contribution in [0.4, 0.5) is 0 Å². The second-order valence-corrected chi connectivity index (χ2v) is 4.99. The number of hydrogen-bond donors (Lipinski definition) is 0. The molecule has 3 aromatic rings. The van der Waals surface area contributed by atoms with Gasteiger partial charge < -0.3 is 9.15 Å². The molecule has 3 rings (SSSR count). The van der Waals surface area contributed by atoms with Gasteiger partial charge in [0.2, 0.25) is 0 Å². The summed E-state index contributed by atoms with van der Waals surface area (Å²) in [6, 6.07) is 9.92. The van der Waals surface area contributed by atoms with E-state index in [0.29, 0.717) is 17.5 Å². The lowest BCUT2D eigenvalue weighted by atomic mass is 10.2. The molecule has 0 unspecified atom stereocenters. The van der Waals surface area contributed by atoms with E-state index in [4.69, 9.17) is 9.15 Å². The van der Waals surface area contributed by atoms with Crippen LogP contribution in [0, 0.1) is 6.92 Å². The third-order valence-corrected chi connectivity index (χ3v) is 3.61. The van der Waals surface area contributed by atoms with Crippen molar-refractivity contribution in [3.05, 3.63) is 53.3 Å². The summed E-state index contributed by atoms with van der Waals surface area (Å²) in [5, 5.41) is 0.682. The molecule has 4 nitrogen and oxygen atoms in total. The Balaban J connectivity index is 1.88. The van der Waals surface area contributed by atoms with Gasteiger partial charge in [0.1, 0.15) is 12.1 Å². The molecule has 0 N–H and O–H groups in total. The van der Waals surface area contributed by atoms with Crippen LogP contribution in [0.3, 0.4) is 0 Å². The zero-order valence-corrected chi connectivity index (χ0v) is 12.6. The van der Waals surface area contributed by atoms with Gasteiger partial charge in [-0.25, -0.2) is 0 Å². The highest BCUT2D eigenvalue weighted by atomic mass is 79.9. The molecule has 0 aliphatic rings. The van der Waals surface area contributed by atoms with Gasteiger partial charge in [-0.2, -0.15) is 4.98 Å². The number of oxazole rings is 1. The van der Waals surface area contributed by atoms with E-state index in [1.165, 1.54) is 0 Å². The van der Waals surface area contributed by atoms with E-state index in [1.54, 1.807) is 6.20 Å². The van der Waals surface area contributed by atoms with Crippen LogP contribution in [0.5, 0.6) is 6.08 Å². The number of nitrogens with zero attached hydrogens (tertiary/aromatic N) is 2. The fraction of sp³-hybridized carbons (Fsp3) is 0.200. The first-order chi connectivity index (χ1) is 9.78. The minimum atomic E-state index is 0.280. The molecule has 102 valence electrons. The predicted molar refractivity (Wildman–Crippen MR) is 79.9 cm³/mol. The third-order valence-electron chi connectivity index (χ3n) is 3.00. The molecule has 20 heavy (non-hydrogen) atoms. The van der Waals surface area contributed by atoms with Crippen LogP contribution in [0.25, 0.3) is 11.1 Å². The van der Waals surface area contributed by atoms with Crippen molar-refractivity contribution in [3.8, 4) is 6.08 Å². The standard InChI is InChI=1S/C15H13BrN2O2/c1-10-14-13(12(7-16)8-17-10)18-15(20-14)19-9-11-5-3-2-4-6-11/h2-6,8H,7,9H2,1H3. The second-order valence-electron chi connectivity index (χ2n) is 4.43. The number of benzene rings is 1. The summed E-state index contributed by atoms with van der Waals surface area (Å²) in [6.45, 7) is 2.33. The van der Waals surface area contributed by atoms with E-state index < -0.39 is 0 Å². The highest BCUT2D eigenvalue weighted by molar-refractivity contribution is 9.08. The molecule has 2 aromatic heterocycles. The SMILES string of the molecule is Cc1ncc(CBr)c2nc(OCc3ccccc3)oc12. The van der Waals surface area contributed by atoms with Gasteiger partial charge in [0.15, 0.2) is 5.58 Å². The Bertz CT molecular complexity index is 725. The van der Waals surface area contributed by atoms with E-state index in [0.717, 1.165) is 22.3 Å². The Kier molecular flexibility index (Phi) is 3.69. The molecule has 0 radical (unpaired) electrons. The van der Waals surface area contributed by atoms with Crippen LogP contribution in [0.1, 0.15) is 16.8 Å². The number of aryl methyl sites for hydroxylation is 1. The Morgan fingerprint density at radius 1 is 1.25 bits per heavy atom. The van der Waals surface area contributed by atoms with Crippen LogP contribution in [0.2, 0.25) is 0 Å². The average Bonchev–Trinajstić information content (AvgIpc) is 2.92. The Labute approximate surface area is 124 Å². The molecule has 0 bridgehead atoms. The van der Waals surface area contributed by atoms with Crippen LogP contribution in [-0.4, -0.2) is 9.97 Å². The van der Waals surface area contributed by atoms with E-state index in [1.807, 2.05) is 37.3 Å². The Hall–Kier alpha value is -1.88. The number of rotatable bonds is 4. The zero-order chi connectivity index (χ0) is 13.9. The zero-order valence-electron chi connectivity index (χ0n) is 11.0. The molecule has 0 fully saturated rings. The average molecular weight is 333 g/mol. The molecule has 2 heterocycles. The summed E-state index contributed by atoms with van der Waals surface area (Å²) in [5.41, 5.74) is 4.36. The van der Waals surface area contributed by atoms with Crippen LogP contribution >= 0.6 is 15.9 Å². The van der Waals surface area contributed by atoms with Crippen molar-refractivity contribution < 1.29 is 9.15 Å². The van der Waals surface area contributed by atoms with Gasteiger partial charge in [0.25, 0.3) is 0 Å². The lowest BCUT2D eigenvalue weighted by molar-refractivity contribution is 0.226. The molecule has 0 atom stereocenters. The van der Waals surface area contributed by atoms with E-state index in [9.17, 15) is 0 Å². The van der Waals surface area contributed by atoms with E-state index >= 15 is 0 Å². The maximum Gasteiger partial charge on any atom is 0.395 e. The number of hydrogen-bond acceptors (Lipinski definition) is 4. The summed E-state index contributed by atoms with van der Waals surface area (Å²) in [7, 11) is 0. The van der Waals surface area contributed by atoms with Crippen molar-refractivity contribution in [3.63, 3.8) is 0 Å². The first-order valence-electron chi connectivity index (χ1n) is 6.25. The van der Waals surface area contributed by atoms with Crippen molar-refractivity contribution in [2.24, 2.45) is 0 Å². The van der Waals surface area contributed by atoms with Gasteiger partial charge in [-0.15, -0.1) is 0 Å². The topological polar surface area (TPSA) is 48.2 Å². The first-order valence-corrected chi connectivity index (χ1v) is 7.38. The van der Waals surface area contributed by atoms with Crippen molar-refractivity contribution in [1.82, 2.24) is 9.97 Å². The van der Waals surface area contributed by atoms with Crippen LogP contribution in [-0.2, 0) is 11.9 Å². The quantitative estimate of drug-likeness (QED) is 0.677. The summed E-state index contributed by atoms with van der Waals surface area (Å²) < 4.78 is 11.3. The van der Waals surface area contributed by atoms with Gasteiger partial charge in [-0.3, -0.25) is 4.98 Å². The van der Waals surface area contributed by atoms with E-state index in [2.05, 4.69) is 25.9 Å². The normalized spacial score (nSPS) is 10.9. The summed E-state index contributed by atoms with van der Waals surface area (Å²) >= 11 is 3.43. The summed E-state index contributed by atoms with van der Waals surface area (Å²) in [4.78, 5) is 8.69. The fourth-order valence-electron chi connectivity index (χ4n) is 1.94. The molecule has 0 aliphatic carbocycles. The predicted octanol–water partition coefficient (Wildman–Crippen LogP) is 4.01. The molecule has 0 aliphatic heterocycles. The number of pyridine rings is 1. The first kappa shape index (κ1) is 13.1. The minimum absolute atomic E-state index is 0.280. The van der Waals surface area contributed by atoms with Crippen LogP contribution in [0.15, 0.2) is 40.9 Å². The van der Waals surface area contributed by atoms with E-state index in [-0.39, 0.29) is 6.08 Å². The van der Waals surface area contributed by atoms with Crippen molar-refractivity contribution in [1.29, 1.82) is 0 Å². The smallest absolute Gasteiger partial charge is 0.395 e. The molecule has 1 aromatic carbocycles. The van der Waals surface area contributed by atoms with Crippen LogP contribution < -0.4 is 4.74 Å². The molecule has 5 heteroatoms. The number of ether oxygens (including phenoxy) is 1. The van der Waals surface area contributed by atoms with Crippen molar-refractivity contribution in [2.45, 2.75) is 18.9 Å². The fourth-order valence-corrected chi connectivity index (χ4v) is 2.35. The molecule has 0 spiro atoms. The molecule has 0 saturated carbocycles. The molecular weight excluding hydrogens is 320 g/mol. The minimum Gasteiger partial charge on any atom is -0.445 e. The highest BCUT2D eigenvalue weighted by Crippen LogP contribution is 2.26. The van der Waals surface area contributed by atoms with Gasteiger partial charge in [-0.05, 0) is 12.5 Å². The monoisotopic (exact) mass is 332 g/mol. The van der Waals surface area contributed by atoms with Gasteiger partial charge in [-0.1, -0.05) is 46.3 Å². The largest absolute Gasteiger partial charge is 0.445 e. The maximum absolute atomic E-state index is 5.65. The van der Waals surface area contributed by atoms with Crippen molar-refractivity contribution in [2.75, 3.05) is 0 Å². The Morgan fingerprint density at radius 2 is 2.05 bits per heavy atom. The molecule has 0 amide bonds. The number of fused-ring (bicyclic) bond motifs is 1. The van der Waals surface area contributed by atoms with Gasteiger partial charge in [0, 0.05) is 17.1 Å². The lowest BCUT2D eigenvalue weighted by Crippen LogP contribution is -1.94. The number of alkyl halides is 1. The highest BCUT2D eigenvalue weighted by Gasteiger charge is 2.13.